The third-order valence-electron chi connectivity index (χ3n) is 3.42. The lowest BCUT2D eigenvalue weighted by molar-refractivity contribution is -0.119. The van der Waals surface area contributed by atoms with Gasteiger partial charge in [-0.3, -0.25) is 4.79 Å². The number of amides is 1. The van der Waals surface area contributed by atoms with Gasteiger partial charge in [-0.25, -0.2) is 0 Å². The molecule has 0 aliphatic rings. The predicted molar refractivity (Wildman–Crippen MR) is 84.4 cm³/mol. The molecule has 1 unspecified atom stereocenters. The lowest BCUT2D eigenvalue weighted by atomic mass is 10.0. The van der Waals surface area contributed by atoms with Crippen molar-refractivity contribution in [1.82, 2.24) is 5.32 Å². The summed E-state index contributed by atoms with van der Waals surface area (Å²) in [7, 11) is 1.63. The first kappa shape index (κ1) is 14.9. The van der Waals surface area contributed by atoms with Gasteiger partial charge in [-0.15, -0.1) is 0 Å². The minimum Gasteiger partial charge on any atom is -0.508 e. The Morgan fingerprint density at radius 1 is 1.14 bits per heavy atom. The van der Waals surface area contributed by atoms with Crippen LogP contribution in [-0.2, 0) is 11.2 Å². The summed E-state index contributed by atoms with van der Waals surface area (Å²) < 4.78 is 0. The number of benzene rings is 2. The van der Waals surface area contributed by atoms with Crippen LogP contribution in [0.4, 0.5) is 5.69 Å². The van der Waals surface area contributed by atoms with Crippen molar-refractivity contribution in [1.29, 1.82) is 0 Å². The van der Waals surface area contributed by atoms with Crippen molar-refractivity contribution in [3.8, 4) is 5.75 Å². The fraction of sp³-hybridized carbons (Fsp3) is 0.235. The molecule has 2 aromatic carbocycles. The first-order valence-electron chi connectivity index (χ1n) is 6.94. The van der Waals surface area contributed by atoms with E-state index in [1.54, 1.807) is 19.2 Å². The zero-order valence-corrected chi connectivity index (χ0v) is 12.3. The monoisotopic (exact) mass is 284 g/mol. The molecule has 4 nitrogen and oxygen atoms in total. The zero-order chi connectivity index (χ0) is 15.2. The first-order chi connectivity index (χ1) is 10.1. The number of carbonyl (C=O) groups excluding carboxylic acids is 1. The lowest BCUT2D eigenvalue weighted by Gasteiger charge is -2.19. The fourth-order valence-corrected chi connectivity index (χ4v) is 2.24. The number of phenolic OH excluding ortho intramolecular Hbond substituents is 1. The van der Waals surface area contributed by atoms with Gasteiger partial charge in [-0.2, -0.15) is 0 Å². The number of likely N-dealkylation sites (N-methyl/N-ethyl adjacent to an activating group) is 1. The third-order valence-corrected chi connectivity index (χ3v) is 3.42. The van der Waals surface area contributed by atoms with Crippen LogP contribution in [0.15, 0.2) is 48.5 Å². The number of para-hydroxylation sites is 2. The first-order valence-corrected chi connectivity index (χ1v) is 6.94. The molecule has 4 heteroatoms. The topological polar surface area (TPSA) is 61.4 Å². The summed E-state index contributed by atoms with van der Waals surface area (Å²) in [5.74, 6) is 0.237. The molecule has 0 aliphatic heterocycles. The molecule has 21 heavy (non-hydrogen) atoms. The molecule has 0 aromatic heterocycles. The van der Waals surface area contributed by atoms with Gasteiger partial charge in [0.2, 0.25) is 5.91 Å². The molecule has 0 spiro atoms. The van der Waals surface area contributed by atoms with Gasteiger partial charge < -0.3 is 15.7 Å². The van der Waals surface area contributed by atoms with Crippen molar-refractivity contribution in [3.05, 3.63) is 59.7 Å². The van der Waals surface area contributed by atoms with E-state index in [1.807, 2.05) is 43.3 Å². The molecule has 0 aliphatic carbocycles. The fourth-order valence-electron chi connectivity index (χ4n) is 2.24. The van der Waals surface area contributed by atoms with Gasteiger partial charge in [-0.05, 0) is 24.6 Å². The Kier molecular flexibility index (Phi) is 4.82. The second-order valence-corrected chi connectivity index (χ2v) is 4.93. The summed E-state index contributed by atoms with van der Waals surface area (Å²) in [6.07, 6.45) is 0.327. The van der Waals surface area contributed by atoms with Gasteiger partial charge in [0, 0.05) is 18.3 Å². The lowest BCUT2D eigenvalue weighted by Crippen LogP contribution is -2.21. The molecular formula is C17H20N2O2. The van der Waals surface area contributed by atoms with Crippen LogP contribution in [0.3, 0.4) is 0 Å². The van der Waals surface area contributed by atoms with E-state index in [0.29, 0.717) is 6.42 Å². The molecule has 0 bridgehead atoms. The van der Waals surface area contributed by atoms with Gasteiger partial charge in [0.1, 0.15) is 5.75 Å². The zero-order valence-electron chi connectivity index (χ0n) is 12.3. The highest BCUT2D eigenvalue weighted by atomic mass is 16.3. The molecule has 0 saturated carbocycles. The Morgan fingerprint density at radius 3 is 2.52 bits per heavy atom. The SMILES string of the molecule is CNC(=O)Cc1ccccc1NC(C)c1ccccc1O. The van der Waals surface area contributed by atoms with E-state index in [0.717, 1.165) is 16.8 Å². The number of hydrogen-bond acceptors (Lipinski definition) is 3. The Labute approximate surface area is 124 Å². The van der Waals surface area contributed by atoms with Crippen LogP contribution in [0.1, 0.15) is 24.1 Å². The highest BCUT2D eigenvalue weighted by molar-refractivity contribution is 5.80. The predicted octanol–water partition coefficient (Wildman–Crippen LogP) is 2.85. The van der Waals surface area contributed by atoms with Crippen LogP contribution in [-0.4, -0.2) is 18.1 Å². The molecule has 0 radical (unpaired) electrons. The molecule has 110 valence electrons. The van der Waals surface area contributed by atoms with Crippen LogP contribution >= 0.6 is 0 Å². The highest BCUT2D eigenvalue weighted by Gasteiger charge is 2.12. The van der Waals surface area contributed by atoms with Gasteiger partial charge in [0.05, 0.1) is 12.5 Å². The number of aromatic hydroxyl groups is 1. The summed E-state index contributed by atoms with van der Waals surface area (Å²) in [6.45, 7) is 1.98. The summed E-state index contributed by atoms with van der Waals surface area (Å²) in [5, 5.41) is 15.9. The van der Waals surface area contributed by atoms with Crippen molar-refractivity contribution in [3.63, 3.8) is 0 Å². The van der Waals surface area contributed by atoms with E-state index < -0.39 is 0 Å². The Morgan fingerprint density at radius 2 is 1.81 bits per heavy atom. The Bertz CT molecular complexity index is 626. The van der Waals surface area contributed by atoms with Crippen molar-refractivity contribution in [2.45, 2.75) is 19.4 Å². The Balaban J connectivity index is 2.19. The van der Waals surface area contributed by atoms with E-state index in [-0.39, 0.29) is 17.7 Å². The van der Waals surface area contributed by atoms with Crippen LogP contribution in [0.25, 0.3) is 0 Å². The smallest absolute Gasteiger partial charge is 0.224 e. The minimum absolute atomic E-state index is 0.0283. The van der Waals surface area contributed by atoms with Gasteiger partial charge >= 0.3 is 0 Å². The third kappa shape index (κ3) is 3.75. The average molecular weight is 284 g/mol. The molecule has 0 fully saturated rings. The molecule has 3 N–H and O–H groups in total. The second kappa shape index (κ2) is 6.79. The van der Waals surface area contributed by atoms with Gasteiger partial charge in [-0.1, -0.05) is 36.4 Å². The van der Waals surface area contributed by atoms with Gasteiger partial charge in [0.15, 0.2) is 0 Å². The molecule has 1 atom stereocenters. The number of carbonyl (C=O) groups is 1. The molecular weight excluding hydrogens is 264 g/mol. The van der Waals surface area contributed by atoms with Crippen LogP contribution in [0, 0.1) is 0 Å². The van der Waals surface area contributed by atoms with Crippen molar-refractivity contribution >= 4 is 11.6 Å². The van der Waals surface area contributed by atoms with E-state index in [2.05, 4.69) is 10.6 Å². The van der Waals surface area contributed by atoms with Crippen LogP contribution in [0.2, 0.25) is 0 Å². The average Bonchev–Trinajstić information content (AvgIpc) is 2.49. The molecule has 2 aromatic rings. The maximum absolute atomic E-state index is 11.6. The van der Waals surface area contributed by atoms with Crippen LogP contribution < -0.4 is 10.6 Å². The van der Waals surface area contributed by atoms with E-state index in [1.165, 1.54) is 0 Å². The van der Waals surface area contributed by atoms with E-state index >= 15 is 0 Å². The molecule has 0 saturated heterocycles. The largest absolute Gasteiger partial charge is 0.508 e. The van der Waals surface area contributed by atoms with E-state index in [4.69, 9.17) is 0 Å². The number of anilines is 1. The minimum atomic E-state index is -0.0583. The quantitative estimate of drug-likeness (QED) is 0.791. The second-order valence-electron chi connectivity index (χ2n) is 4.93. The summed E-state index contributed by atoms with van der Waals surface area (Å²) >= 11 is 0. The summed E-state index contributed by atoms with van der Waals surface area (Å²) in [4.78, 5) is 11.6. The summed E-state index contributed by atoms with van der Waals surface area (Å²) in [5.41, 5.74) is 2.66. The molecule has 0 heterocycles. The number of hydrogen-bond donors (Lipinski definition) is 3. The standard InChI is InChI=1S/C17H20N2O2/c1-12(14-8-4-6-10-16(14)20)19-15-9-5-3-7-13(15)11-17(21)18-2/h3-10,12,19-20H,11H2,1-2H3,(H,18,21). The maximum atomic E-state index is 11.6. The van der Waals surface area contributed by atoms with E-state index in [9.17, 15) is 9.90 Å². The maximum Gasteiger partial charge on any atom is 0.224 e. The van der Waals surface area contributed by atoms with Crippen LogP contribution in [0.5, 0.6) is 5.75 Å². The van der Waals surface area contributed by atoms with Crippen molar-refractivity contribution in [2.24, 2.45) is 0 Å². The normalized spacial score (nSPS) is 11.7. The summed E-state index contributed by atoms with van der Waals surface area (Å²) in [6, 6.07) is 14.9. The number of nitrogens with one attached hydrogen (secondary N) is 2. The van der Waals surface area contributed by atoms with Crippen molar-refractivity contribution in [2.75, 3.05) is 12.4 Å². The van der Waals surface area contributed by atoms with Gasteiger partial charge in [0.25, 0.3) is 0 Å². The molecule has 1 amide bonds. The number of rotatable bonds is 5. The highest BCUT2D eigenvalue weighted by Crippen LogP contribution is 2.28. The number of phenols is 1. The molecule has 2 rings (SSSR count). The Hall–Kier alpha value is -2.49. The van der Waals surface area contributed by atoms with Crippen molar-refractivity contribution < 1.29 is 9.90 Å².